The van der Waals surface area contributed by atoms with Gasteiger partial charge in [0, 0.05) is 5.56 Å². The number of alkyl halides is 5. The van der Waals surface area contributed by atoms with E-state index in [-0.39, 0.29) is 12.2 Å². The number of carbonyl (C=O) groups is 2. The molecule has 2 aromatic rings. The van der Waals surface area contributed by atoms with Crippen LogP contribution in [0.4, 0.5) is 22.0 Å². The molecule has 162 valence electrons. The third-order valence-electron chi connectivity index (χ3n) is 3.90. The maximum Gasteiger partial charge on any atom is 0.434 e. The van der Waals surface area contributed by atoms with Crippen molar-refractivity contribution < 1.29 is 45.8 Å². The molecule has 2 rings (SSSR count). The number of pyridine rings is 1. The molecule has 0 radical (unpaired) electrons. The van der Waals surface area contributed by atoms with Gasteiger partial charge in [0.15, 0.2) is 11.4 Å². The van der Waals surface area contributed by atoms with Crippen molar-refractivity contribution >= 4 is 11.9 Å². The van der Waals surface area contributed by atoms with Crippen LogP contribution < -0.4 is 9.47 Å². The number of hydrogen-bond donors (Lipinski definition) is 0. The smallest absolute Gasteiger partial charge is 0.434 e. The van der Waals surface area contributed by atoms with Crippen LogP contribution in [-0.4, -0.2) is 30.6 Å². The lowest BCUT2D eigenvalue weighted by Crippen LogP contribution is -2.23. The number of esters is 2. The predicted octanol–water partition coefficient (Wildman–Crippen LogP) is 4.75. The van der Waals surface area contributed by atoms with Gasteiger partial charge in [0.1, 0.15) is 17.0 Å². The summed E-state index contributed by atoms with van der Waals surface area (Å²) in [5.41, 5.74) is -5.17. The Bertz CT molecular complexity index is 942. The Morgan fingerprint density at radius 2 is 1.70 bits per heavy atom. The Morgan fingerprint density at radius 1 is 1.10 bits per heavy atom. The van der Waals surface area contributed by atoms with E-state index in [1.54, 1.807) is 0 Å². The lowest BCUT2D eigenvalue weighted by molar-refractivity contribution is -0.142. The van der Waals surface area contributed by atoms with Crippen molar-refractivity contribution in [3.63, 3.8) is 0 Å². The van der Waals surface area contributed by atoms with E-state index in [4.69, 9.17) is 9.47 Å². The maximum absolute atomic E-state index is 13.5. The van der Waals surface area contributed by atoms with Crippen molar-refractivity contribution in [3.8, 4) is 11.5 Å². The molecule has 0 saturated heterocycles. The first-order valence-electron chi connectivity index (χ1n) is 8.44. The normalized spacial score (nSPS) is 11.4. The second-order valence-electron chi connectivity index (χ2n) is 5.81. The first-order valence-corrected chi connectivity index (χ1v) is 8.44. The van der Waals surface area contributed by atoms with E-state index in [1.165, 1.54) is 38.3 Å². The van der Waals surface area contributed by atoms with Crippen LogP contribution in [0, 0.1) is 6.92 Å². The van der Waals surface area contributed by atoms with Crippen molar-refractivity contribution in [2.24, 2.45) is 0 Å². The quantitative estimate of drug-likeness (QED) is 0.484. The van der Waals surface area contributed by atoms with Gasteiger partial charge in [-0.1, -0.05) is 0 Å². The van der Waals surface area contributed by atoms with Gasteiger partial charge in [-0.3, -0.25) is 0 Å². The highest BCUT2D eigenvalue weighted by atomic mass is 19.4. The number of rotatable bonds is 6. The van der Waals surface area contributed by atoms with Crippen molar-refractivity contribution in [2.75, 3.05) is 13.7 Å². The predicted molar refractivity (Wildman–Crippen MR) is 92.8 cm³/mol. The lowest BCUT2D eigenvalue weighted by Gasteiger charge is -2.19. The van der Waals surface area contributed by atoms with Crippen LogP contribution in [0.2, 0.25) is 0 Å². The highest BCUT2D eigenvalue weighted by Crippen LogP contribution is 2.40. The fourth-order valence-electron chi connectivity index (χ4n) is 2.49. The van der Waals surface area contributed by atoms with Crippen LogP contribution >= 0.6 is 0 Å². The van der Waals surface area contributed by atoms with E-state index in [1.807, 2.05) is 0 Å². The summed E-state index contributed by atoms with van der Waals surface area (Å²) in [6.07, 6.45) is -8.71. The second kappa shape index (κ2) is 9.06. The lowest BCUT2D eigenvalue weighted by atomic mass is 10.1. The summed E-state index contributed by atoms with van der Waals surface area (Å²) in [4.78, 5) is 27.6. The molecule has 0 N–H and O–H groups in total. The largest absolute Gasteiger partial charge is 0.497 e. The van der Waals surface area contributed by atoms with Gasteiger partial charge >= 0.3 is 18.1 Å². The molecular formula is C19H16F5NO5. The molecule has 0 aliphatic rings. The number of benzene rings is 1. The summed E-state index contributed by atoms with van der Waals surface area (Å²) in [5.74, 6) is -3.30. The molecule has 1 heterocycles. The van der Waals surface area contributed by atoms with E-state index < -0.39 is 52.8 Å². The third-order valence-corrected chi connectivity index (χ3v) is 3.90. The molecule has 0 unspecified atom stereocenters. The molecule has 1 aromatic carbocycles. The molecule has 0 aliphatic heterocycles. The standard InChI is InChI=1S/C19H16F5NO5/c1-4-29-18(27)12-14(30-17(26)10-5-7-11(28-3)8-6-10)9(2)13(16(20)21)25-15(12)19(22,23)24/h5-8,16H,4H2,1-3H3. The molecule has 0 spiro atoms. The molecule has 6 nitrogen and oxygen atoms in total. The van der Waals surface area contributed by atoms with Gasteiger partial charge in [0.05, 0.1) is 19.3 Å². The van der Waals surface area contributed by atoms with Crippen LogP contribution in [0.25, 0.3) is 0 Å². The first-order chi connectivity index (χ1) is 14.0. The fraction of sp³-hybridized carbons (Fsp3) is 0.316. The van der Waals surface area contributed by atoms with Crippen LogP contribution in [0.3, 0.4) is 0 Å². The number of hydrogen-bond acceptors (Lipinski definition) is 6. The van der Waals surface area contributed by atoms with Gasteiger partial charge in [-0.05, 0) is 38.1 Å². The van der Waals surface area contributed by atoms with Gasteiger partial charge < -0.3 is 14.2 Å². The topological polar surface area (TPSA) is 74.7 Å². The maximum atomic E-state index is 13.5. The van der Waals surface area contributed by atoms with Gasteiger partial charge in [0.25, 0.3) is 6.43 Å². The number of ether oxygens (including phenoxy) is 3. The van der Waals surface area contributed by atoms with Crippen LogP contribution in [0.15, 0.2) is 24.3 Å². The van der Waals surface area contributed by atoms with Crippen molar-refractivity contribution in [3.05, 3.63) is 52.3 Å². The van der Waals surface area contributed by atoms with Crippen LogP contribution in [-0.2, 0) is 10.9 Å². The molecule has 0 aliphatic carbocycles. The van der Waals surface area contributed by atoms with Crippen molar-refractivity contribution in [2.45, 2.75) is 26.4 Å². The number of nitrogens with zero attached hydrogens (tertiary/aromatic N) is 1. The molecule has 0 bridgehead atoms. The summed E-state index contributed by atoms with van der Waals surface area (Å²) >= 11 is 0. The number of halogens is 5. The average molecular weight is 433 g/mol. The summed E-state index contributed by atoms with van der Waals surface area (Å²) in [7, 11) is 1.38. The monoisotopic (exact) mass is 433 g/mol. The van der Waals surface area contributed by atoms with Crippen molar-refractivity contribution in [1.82, 2.24) is 4.98 Å². The summed E-state index contributed by atoms with van der Waals surface area (Å²) in [6.45, 7) is 1.99. The fourth-order valence-corrected chi connectivity index (χ4v) is 2.49. The minimum Gasteiger partial charge on any atom is -0.497 e. The van der Waals surface area contributed by atoms with Crippen LogP contribution in [0.5, 0.6) is 11.5 Å². The molecule has 30 heavy (non-hydrogen) atoms. The highest BCUT2D eigenvalue weighted by Gasteiger charge is 2.42. The Balaban J connectivity index is 2.68. The van der Waals surface area contributed by atoms with Crippen LogP contribution in [0.1, 0.15) is 51.0 Å². The third kappa shape index (κ3) is 4.84. The van der Waals surface area contributed by atoms with E-state index in [0.29, 0.717) is 5.75 Å². The van der Waals surface area contributed by atoms with Gasteiger partial charge in [-0.15, -0.1) is 0 Å². The average Bonchev–Trinajstić information content (AvgIpc) is 2.68. The minimum atomic E-state index is -5.29. The van der Waals surface area contributed by atoms with E-state index in [0.717, 1.165) is 6.92 Å². The van der Waals surface area contributed by atoms with E-state index in [9.17, 15) is 31.5 Å². The zero-order chi connectivity index (χ0) is 22.6. The molecule has 0 saturated carbocycles. The van der Waals surface area contributed by atoms with E-state index >= 15 is 0 Å². The molecule has 11 heteroatoms. The molecule has 1 aromatic heterocycles. The highest BCUT2D eigenvalue weighted by molar-refractivity contribution is 5.98. The summed E-state index contributed by atoms with van der Waals surface area (Å²) in [5, 5.41) is 0. The second-order valence-corrected chi connectivity index (χ2v) is 5.81. The summed E-state index contributed by atoms with van der Waals surface area (Å²) < 4.78 is 81.5. The van der Waals surface area contributed by atoms with E-state index in [2.05, 4.69) is 9.72 Å². The van der Waals surface area contributed by atoms with Gasteiger partial charge in [0.2, 0.25) is 0 Å². The SMILES string of the molecule is CCOC(=O)c1c(C(F)(F)F)nc(C(F)F)c(C)c1OC(=O)c1ccc(OC)cc1. The Labute approximate surface area is 167 Å². The Morgan fingerprint density at radius 3 is 2.17 bits per heavy atom. The molecule has 0 amide bonds. The Hall–Kier alpha value is -3.24. The zero-order valence-electron chi connectivity index (χ0n) is 16.0. The first kappa shape index (κ1) is 23.0. The number of aromatic nitrogens is 1. The molecule has 0 atom stereocenters. The molecule has 0 fully saturated rings. The molecular weight excluding hydrogens is 417 g/mol. The van der Waals surface area contributed by atoms with Crippen molar-refractivity contribution in [1.29, 1.82) is 0 Å². The Kier molecular flexibility index (Phi) is 6.96. The summed E-state index contributed by atoms with van der Waals surface area (Å²) in [6, 6.07) is 5.27. The zero-order valence-corrected chi connectivity index (χ0v) is 16.0. The number of carbonyl (C=O) groups excluding carboxylic acids is 2. The minimum absolute atomic E-state index is 0.117. The van der Waals surface area contributed by atoms with Gasteiger partial charge in [-0.25, -0.2) is 23.4 Å². The van der Waals surface area contributed by atoms with Gasteiger partial charge in [-0.2, -0.15) is 13.2 Å². The number of methoxy groups -OCH3 is 1.